The number of rotatable bonds is 9. The molecule has 4 atom stereocenters. The lowest BCUT2D eigenvalue weighted by molar-refractivity contribution is -0.142. The zero-order valence-electron chi connectivity index (χ0n) is 24.5. The summed E-state index contributed by atoms with van der Waals surface area (Å²) in [4.78, 5) is 18.8. The Morgan fingerprint density at radius 2 is 1.90 bits per heavy atom. The number of fused-ring (bicyclic) bond motifs is 1. The Labute approximate surface area is 243 Å². The van der Waals surface area contributed by atoms with Crippen LogP contribution in [0.15, 0.2) is 54.7 Å². The Bertz CT molecular complexity index is 1400. The third kappa shape index (κ3) is 5.99. The van der Waals surface area contributed by atoms with Gasteiger partial charge in [-0.1, -0.05) is 37.6 Å². The summed E-state index contributed by atoms with van der Waals surface area (Å²) in [6.07, 6.45) is 9.64. The number of hydrogen-bond donors (Lipinski definition) is 1. The predicted molar refractivity (Wildman–Crippen MR) is 160 cm³/mol. The standard InChI is InChI=1S/C35H42N2O4/c1-22-6-4-5-17-37(22)21-29-18-26(27-15-16-36-33(20-27)40-3)11-13-30(29)31-14-12-24-7-10-28(19-32(24)41-31)34(25-8-9-25)23(2)35(38)39/h7,10-11,13,15-16,18-20,22-23,25,31,34H,4-6,8-9,12,14,17,21H2,1-3H3,(H,38,39)/t22-,23-,31?,34-/m0/s1. The summed E-state index contributed by atoms with van der Waals surface area (Å²) in [6, 6.07) is 17.8. The number of methoxy groups -OCH3 is 1. The number of benzene rings is 2. The zero-order valence-corrected chi connectivity index (χ0v) is 24.5. The molecule has 0 bridgehead atoms. The van der Waals surface area contributed by atoms with E-state index in [0.717, 1.165) is 61.2 Å². The lowest BCUT2D eigenvalue weighted by atomic mass is 9.82. The van der Waals surface area contributed by atoms with Crippen LogP contribution in [0.1, 0.15) is 86.6 Å². The molecule has 6 rings (SSSR count). The molecular weight excluding hydrogens is 512 g/mol. The van der Waals surface area contributed by atoms with E-state index >= 15 is 0 Å². The molecule has 6 heteroatoms. The molecule has 216 valence electrons. The van der Waals surface area contributed by atoms with Gasteiger partial charge in [-0.3, -0.25) is 9.69 Å². The molecule has 1 saturated heterocycles. The smallest absolute Gasteiger partial charge is 0.306 e. The van der Waals surface area contributed by atoms with Gasteiger partial charge in [-0.15, -0.1) is 0 Å². The van der Waals surface area contributed by atoms with Gasteiger partial charge in [-0.25, -0.2) is 4.98 Å². The lowest BCUT2D eigenvalue weighted by Gasteiger charge is -2.35. The van der Waals surface area contributed by atoms with E-state index in [1.807, 2.05) is 19.1 Å². The molecule has 6 nitrogen and oxygen atoms in total. The van der Waals surface area contributed by atoms with Crippen molar-refractivity contribution in [2.75, 3.05) is 13.7 Å². The predicted octanol–water partition coefficient (Wildman–Crippen LogP) is 7.41. The number of aryl methyl sites for hydroxylation is 1. The second-order valence-corrected chi connectivity index (χ2v) is 12.3. The summed E-state index contributed by atoms with van der Waals surface area (Å²) >= 11 is 0. The Kier molecular flexibility index (Phi) is 8.03. The minimum Gasteiger partial charge on any atom is -0.485 e. The zero-order chi connectivity index (χ0) is 28.5. The van der Waals surface area contributed by atoms with Crippen molar-refractivity contribution >= 4 is 5.97 Å². The number of aromatic nitrogens is 1. The number of ether oxygens (including phenoxy) is 2. The number of carbonyl (C=O) groups is 1. The highest BCUT2D eigenvalue weighted by molar-refractivity contribution is 5.71. The van der Waals surface area contributed by atoms with E-state index in [0.29, 0.717) is 17.8 Å². The summed E-state index contributed by atoms with van der Waals surface area (Å²) in [5, 5.41) is 9.79. The SMILES string of the molecule is COc1cc(-c2ccc(C3CCc4ccc([C@H](C5CC5)[C@H](C)C(=O)O)cc4O3)c(CN3CCCC[C@@H]3C)c2)ccn1. The molecule has 2 fully saturated rings. The second-order valence-electron chi connectivity index (χ2n) is 12.3. The van der Waals surface area contributed by atoms with Crippen LogP contribution in [-0.2, 0) is 17.8 Å². The van der Waals surface area contributed by atoms with Crippen molar-refractivity contribution in [3.05, 3.63) is 77.0 Å². The number of pyridine rings is 1. The minimum atomic E-state index is -0.720. The molecule has 41 heavy (non-hydrogen) atoms. The summed E-state index contributed by atoms with van der Waals surface area (Å²) < 4.78 is 12.2. The first-order chi connectivity index (χ1) is 19.9. The molecule has 2 aromatic carbocycles. The van der Waals surface area contributed by atoms with E-state index in [1.165, 1.54) is 36.0 Å². The summed E-state index contributed by atoms with van der Waals surface area (Å²) in [7, 11) is 1.65. The Hall–Kier alpha value is -3.38. The first-order valence-electron chi connectivity index (χ1n) is 15.3. The number of piperidine rings is 1. The van der Waals surface area contributed by atoms with Gasteiger partial charge in [0.15, 0.2) is 0 Å². The van der Waals surface area contributed by atoms with Crippen LogP contribution in [-0.4, -0.2) is 40.7 Å². The van der Waals surface area contributed by atoms with Crippen molar-refractivity contribution in [1.82, 2.24) is 9.88 Å². The molecule has 3 aliphatic rings. The summed E-state index contributed by atoms with van der Waals surface area (Å²) in [5.41, 5.74) is 7.13. The monoisotopic (exact) mass is 554 g/mol. The highest BCUT2D eigenvalue weighted by Crippen LogP contribution is 2.48. The number of hydrogen-bond acceptors (Lipinski definition) is 5. The van der Waals surface area contributed by atoms with Gasteiger partial charge in [0.1, 0.15) is 11.9 Å². The first kappa shape index (κ1) is 27.8. The van der Waals surface area contributed by atoms with Crippen LogP contribution >= 0.6 is 0 Å². The topological polar surface area (TPSA) is 71.9 Å². The van der Waals surface area contributed by atoms with Crippen molar-refractivity contribution in [1.29, 1.82) is 0 Å². The quantitative estimate of drug-likeness (QED) is 0.297. The third-order valence-corrected chi connectivity index (χ3v) is 9.56. The fourth-order valence-corrected chi connectivity index (χ4v) is 6.94. The molecule has 1 N–H and O–H groups in total. The van der Waals surface area contributed by atoms with Gasteiger partial charge in [0, 0.05) is 24.8 Å². The van der Waals surface area contributed by atoms with E-state index < -0.39 is 11.9 Å². The molecule has 0 spiro atoms. The Morgan fingerprint density at radius 1 is 1.07 bits per heavy atom. The lowest BCUT2D eigenvalue weighted by Crippen LogP contribution is -2.37. The Morgan fingerprint density at radius 3 is 2.66 bits per heavy atom. The summed E-state index contributed by atoms with van der Waals surface area (Å²) in [5.74, 6) is 0.898. The van der Waals surface area contributed by atoms with E-state index in [1.54, 1.807) is 13.3 Å². The van der Waals surface area contributed by atoms with Gasteiger partial charge in [0.2, 0.25) is 5.88 Å². The van der Waals surface area contributed by atoms with Crippen LogP contribution in [0.5, 0.6) is 11.6 Å². The Balaban J connectivity index is 1.32. The van der Waals surface area contributed by atoms with E-state index in [9.17, 15) is 9.90 Å². The first-order valence-corrected chi connectivity index (χ1v) is 15.3. The van der Waals surface area contributed by atoms with Crippen LogP contribution in [0, 0.1) is 11.8 Å². The number of aliphatic carboxylic acids is 1. The van der Waals surface area contributed by atoms with Crippen molar-refractivity contribution in [2.24, 2.45) is 11.8 Å². The molecule has 1 saturated carbocycles. The fraction of sp³-hybridized carbons (Fsp3) is 0.486. The molecule has 1 aromatic heterocycles. The van der Waals surface area contributed by atoms with Crippen molar-refractivity contribution in [2.45, 2.75) is 83.4 Å². The number of nitrogens with zero attached hydrogens (tertiary/aromatic N) is 2. The highest BCUT2D eigenvalue weighted by Gasteiger charge is 2.39. The molecular formula is C35H42N2O4. The average molecular weight is 555 g/mol. The van der Waals surface area contributed by atoms with E-state index in [-0.39, 0.29) is 12.0 Å². The number of likely N-dealkylation sites (tertiary alicyclic amines) is 1. The van der Waals surface area contributed by atoms with Crippen LogP contribution < -0.4 is 9.47 Å². The van der Waals surface area contributed by atoms with Crippen molar-refractivity contribution < 1.29 is 19.4 Å². The maximum absolute atomic E-state index is 11.9. The van der Waals surface area contributed by atoms with E-state index in [4.69, 9.17) is 9.47 Å². The van der Waals surface area contributed by atoms with Crippen molar-refractivity contribution in [3.63, 3.8) is 0 Å². The number of carboxylic acids is 1. The van der Waals surface area contributed by atoms with Gasteiger partial charge in [-0.05, 0) is 115 Å². The van der Waals surface area contributed by atoms with Gasteiger partial charge in [-0.2, -0.15) is 0 Å². The van der Waals surface area contributed by atoms with Gasteiger partial charge < -0.3 is 14.6 Å². The normalized spacial score (nSPS) is 22.3. The molecule has 3 aromatic rings. The maximum Gasteiger partial charge on any atom is 0.306 e. The molecule has 0 amide bonds. The van der Waals surface area contributed by atoms with Gasteiger partial charge >= 0.3 is 5.97 Å². The van der Waals surface area contributed by atoms with Gasteiger partial charge in [0.05, 0.1) is 13.0 Å². The van der Waals surface area contributed by atoms with Gasteiger partial charge in [0.25, 0.3) is 0 Å². The minimum absolute atomic E-state index is 0.0366. The second kappa shape index (κ2) is 11.8. The summed E-state index contributed by atoms with van der Waals surface area (Å²) in [6.45, 7) is 6.22. The van der Waals surface area contributed by atoms with Crippen molar-refractivity contribution in [3.8, 4) is 22.8 Å². The highest BCUT2D eigenvalue weighted by atomic mass is 16.5. The van der Waals surface area contributed by atoms with Crippen LogP contribution in [0.3, 0.4) is 0 Å². The molecule has 3 heterocycles. The molecule has 1 aliphatic carbocycles. The average Bonchev–Trinajstić information content (AvgIpc) is 3.83. The third-order valence-electron chi connectivity index (χ3n) is 9.56. The molecule has 1 unspecified atom stereocenters. The maximum atomic E-state index is 11.9. The fourth-order valence-electron chi connectivity index (χ4n) is 6.94. The van der Waals surface area contributed by atoms with Crippen LogP contribution in [0.25, 0.3) is 11.1 Å². The largest absolute Gasteiger partial charge is 0.485 e. The molecule has 2 aliphatic heterocycles. The molecule has 0 radical (unpaired) electrons. The van der Waals surface area contributed by atoms with Crippen LogP contribution in [0.2, 0.25) is 0 Å². The van der Waals surface area contributed by atoms with E-state index in [2.05, 4.69) is 53.2 Å². The number of carboxylic acid groups (broad SMARTS) is 1. The van der Waals surface area contributed by atoms with Crippen LogP contribution in [0.4, 0.5) is 0 Å².